The monoisotopic (exact) mass is 944 g/mol. The molecule has 0 fully saturated rings. The highest BCUT2D eigenvalue weighted by molar-refractivity contribution is 5.76. The summed E-state index contributed by atoms with van der Waals surface area (Å²) < 4.78 is 5.46. The van der Waals surface area contributed by atoms with Crippen molar-refractivity contribution in [3.63, 3.8) is 0 Å². The van der Waals surface area contributed by atoms with Crippen molar-refractivity contribution in [2.24, 2.45) is 0 Å². The molecule has 0 saturated heterocycles. The van der Waals surface area contributed by atoms with Gasteiger partial charge in [-0.15, -0.1) is 0 Å². The van der Waals surface area contributed by atoms with Gasteiger partial charge in [0.05, 0.1) is 25.4 Å². The van der Waals surface area contributed by atoms with Gasteiger partial charge in [-0.2, -0.15) is 0 Å². The van der Waals surface area contributed by atoms with Crippen LogP contribution < -0.4 is 5.32 Å². The predicted molar refractivity (Wildman–Crippen MR) is 292 cm³/mol. The maximum absolute atomic E-state index is 12.5. The number of amides is 1. The molecular formula is C61H117NO5. The lowest BCUT2D eigenvalue weighted by Gasteiger charge is -2.20. The fourth-order valence-corrected chi connectivity index (χ4v) is 9.34. The summed E-state index contributed by atoms with van der Waals surface area (Å²) in [6.45, 7) is 4.91. The van der Waals surface area contributed by atoms with Crippen molar-refractivity contribution in [2.45, 2.75) is 341 Å². The van der Waals surface area contributed by atoms with Crippen LogP contribution in [0.2, 0.25) is 0 Å². The second kappa shape index (κ2) is 56.9. The smallest absolute Gasteiger partial charge is 0.305 e. The van der Waals surface area contributed by atoms with E-state index >= 15 is 0 Å². The number of unbranched alkanes of at least 4 members (excludes halogenated alkanes) is 43. The SMILES string of the molecule is CCCCCCCCCCCCCCCCCC/C=C/C(O)C(CO)NC(=O)CCCCCCCCC/C=C\CCCCCCCCCCCCOC(=O)CCCCCCCCCCCCC. The van der Waals surface area contributed by atoms with E-state index in [1.165, 1.54) is 257 Å². The van der Waals surface area contributed by atoms with Crippen molar-refractivity contribution in [3.05, 3.63) is 24.3 Å². The molecule has 0 bridgehead atoms. The van der Waals surface area contributed by atoms with E-state index in [0.717, 1.165) is 44.9 Å². The number of hydrogen-bond donors (Lipinski definition) is 3. The van der Waals surface area contributed by atoms with Crippen molar-refractivity contribution in [1.29, 1.82) is 0 Å². The Labute approximate surface area is 418 Å². The summed E-state index contributed by atoms with van der Waals surface area (Å²) in [6.07, 6.45) is 69.2. The summed E-state index contributed by atoms with van der Waals surface area (Å²) in [5, 5.41) is 23.2. The van der Waals surface area contributed by atoms with Crippen molar-refractivity contribution >= 4 is 11.9 Å². The lowest BCUT2D eigenvalue weighted by molar-refractivity contribution is -0.143. The van der Waals surface area contributed by atoms with Gasteiger partial charge in [-0.1, -0.05) is 282 Å². The molecule has 0 aromatic rings. The van der Waals surface area contributed by atoms with E-state index in [1.807, 2.05) is 6.08 Å². The van der Waals surface area contributed by atoms with Gasteiger partial charge in [0.25, 0.3) is 0 Å². The number of hydrogen-bond acceptors (Lipinski definition) is 5. The average molecular weight is 945 g/mol. The molecule has 2 unspecified atom stereocenters. The van der Waals surface area contributed by atoms with Crippen LogP contribution in [0.25, 0.3) is 0 Å². The second-order valence-corrected chi connectivity index (χ2v) is 20.7. The molecule has 6 nitrogen and oxygen atoms in total. The van der Waals surface area contributed by atoms with Crippen molar-refractivity contribution in [3.8, 4) is 0 Å². The Morgan fingerprint density at radius 3 is 1.06 bits per heavy atom. The molecule has 67 heavy (non-hydrogen) atoms. The van der Waals surface area contributed by atoms with Gasteiger partial charge in [-0.3, -0.25) is 9.59 Å². The Morgan fingerprint density at radius 2 is 0.701 bits per heavy atom. The molecule has 1 amide bonds. The largest absolute Gasteiger partial charge is 0.466 e. The first-order chi connectivity index (χ1) is 33.0. The molecule has 6 heteroatoms. The van der Waals surface area contributed by atoms with Crippen LogP contribution in [-0.4, -0.2) is 47.4 Å². The molecule has 0 aliphatic carbocycles. The molecule has 0 aromatic heterocycles. The predicted octanol–water partition coefficient (Wildman–Crippen LogP) is 18.6. The Morgan fingerprint density at radius 1 is 0.403 bits per heavy atom. The number of carbonyl (C=O) groups is 2. The number of nitrogens with one attached hydrogen (secondary N) is 1. The first kappa shape index (κ1) is 65.3. The van der Waals surface area contributed by atoms with Crippen LogP contribution in [0.4, 0.5) is 0 Å². The van der Waals surface area contributed by atoms with Gasteiger partial charge in [0.15, 0.2) is 0 Å². The topological polar surface area (TPSA) is 95.9 Å². The normalized spacial score (nSPS) is 12.7. The second-order valence-electron chi connectivity index (χ2n) is 20.7. The van der Waals surface area contributed by atoms with Crippen LogP contribution in [0.5, 0.6) is 0 Å². The van der Waals surface area contributed by atoms with E-state index in [-0.39, 0.29) is 18.5 Å². The first-order valence-electron chi connectivity index (χ1n) is 30.1. The fourth-order valence-electron chi connectivity index (χ4n) is 9.34. The summed E-state index contributed by atoms with van der Waals surface area (Å²) in [6, 6.07) is -0.633. The van der Waals surface area contributed by atoms with Crippen molar-refractivity contribution < 1.29 is 24.5 Å². The van der Waals surface area contributed by atoms with Crippen LogP contribution in [-0.2, 0) is 14.3 Å². The standard InChI is InChI=1S/C61H117NO5/c1-3-5-7-9-11-13-15-16-17-18-24-27-30-34-37-41-45-49-53-59(64)58(57-63)62-60(65)54-50-46-42-38-35-31-28-25-22-20-19-21-23-26-29-32-36-40-44-48-52-56-67-61(66)55-51-47-43-39-33-14-12-10-8-6-4-2/h20,22,49,53,58-59,63-64H,3-19,21,23-48,50-52,54-57H2,1-2H3,(H,62,65)/b22-20-,53-49+. The van der Waals surface area contributed by atoms with Gasteiger partial charge in [0.2, 0.25) is 5.91 Å². The third-order valence-corrected chi connectivity index (χ3v) is 14.0. The van der Waals surface area contributed by atoms with E-state index in [2.05, 4.69) is 31.3 Å². The maximum Gasteiger partial charge on any atom is 0.305 e. The van der Waals surface area contributed by atoms with E-state index in [4.69, 9.17) is 4.74 Å². The van der Waals surface area contributed by atoms with Crippen molar-refractivity contribution in [1.82, 2.24) is 5.32 Å². The van der Waals surface area contributed by atoms with E-state index in [0.29, 0.717) is 19.4 Å². The maximum atomic E-state index is 12.5. The lowest BCUT2D eigenvalue weighted by Crippen LogP contribution is -2.45. The van der Waals surface area contributed by atoms with Gasteiger partial charge in [-0.05, 0) is 57.8 Å². The molecule has 2 atom stereocenters. The number of aliphatic hydroxyl groups excluding tert-OH is 2. The summed E-state index contributed by atoms with van der Waals surface area (Å²) in [7, 11) is 0. The quantitative estimate of drug-likeness (QED) is 0.0321. The Balaban J connectivity index is 3.46. The van der Waals surface area contributed by atoms with E-state index < -0.39 is 12.1 Å². The minimum absolute atomic E-state index is 0.00749. The van der Waals surface area contributed by atoms with Crippen LogP contribution in [0, 0.1) is 0 Å². The molecule has 0 heterocycles. The summed E-state index contributed by atoms with van der Waals surface area (Å²) in [4.78, 5) is 24.5. The van der Waals surface area contributed by atoms with Crippen LogP contribution in [0.3, 0.4) is 0 Å². The summed E-state index contributed by atoms with van der Waals surface area (Å²) in [5.41, 5.74) is 0. The minimum Gasteiger partial charge on any atom is -0.466 e. The molecule has 0 saturated carbocycles. The summed E-state index contributed by atoms with van der Waals surface area (Å²) >= 11 is 0. The molecule has 0 rings (SSSR count). The highest BCUT2D eigenvalue weighted by Crippen LogP contribution is 2.17. The number of carbonyl (C=O) groups excluding carboxylic acids is 2. The van der Waals surface area contributed by atoms with Crippen molar-refractivity contribution in [2.75, 3.05) is 13.2 Å². The van der Waals surface area contributed by atoms with E-state index in [9.17, 15) is 19.8 Å². The van der Waals surface area contributed by atoms with Gasteiger partial charge in [-0.25, -0.2) is 0 Å². The van der Waals surface area contributed by atoms with Crippen LogP contribution in [0.1, 0.15) is 328 Å². The fraction of sp³-hybridized carbons (Fsp3) is 0.902. The third-order valence-electron chi connectivity index (χ3n) is 14.0. The molecule has 0 aliphatic heterocycles. The van der Waals surface area contributed by atoms with Crippen LogP contribution >= 0.6 is 0 Å². The Bertz CT molecular complexity index is 1040. The van der Waals surface area contributed by atoms with E-state index in [1.54, 1.807) is 6.08 Å². The first-order valence-corrected chi connectivity index (χ1v) is 30.1. The Hall–Kier alpha value is -1.66. The van der Waals surface area contributed by atoms with Gasteiger partial charge in [0.1, 0.15) is 0 Å². The third kappa shape index (κ3) is 53.5. The highest BCUT2D eigenvalue weighted by Gasteiger charge is 2.18. The number of allylic oxidation sites excluding steroid dienone is 3. The minimum atomic E-state index is -0.849. The molecule has 0 radical (unpaired) electrons. The van der Waals surface area contributed by atoms with Gasteiger partial charge < -0.3 is 20.3 Å². The Kier molecular flexibility index (Phi) is 55.5. The molecule has 3 N–H and O–H groups in total. The molecular weight excluding hydrogens is 827 g/mol. The molecule has 0 aliphatic rings. The number of esters is 1. The lowest BCUT2D eigenvalue weighted by atomic mass is 10.0. The zero-order valence-corrected chi connectivity index (χ0v) is 45.1. The zero-order chi connectivity index (χ0) is 48.6. The molecule has 0 spiro atoms. The zero-order valence-electron chi connectivity index (χ0n) is 45.1. The molecule has 0 aromatic carbocycles. The summed E-state index contributed by atoms with van der Waals surface area (Å²) in [5.74, 6) is -0.0660. The highest BCUT2D eigenvalue weighted by atomic mass is 16.5. The number of rotatable bonds is 56. The number of aliphatic hydroxyl groups is 2. The van der Waals surface area contributed by atoms with Gasteiger partial charge in [0, 0.05) is 12.8 Å². The molecule has 396 valence electrons. The number of ether oxygens (including phenoxy) is 1. The van der Waals surface area contributed by atoms with Crippen LogP contribution in [0.15, 0.2) is 24.3 Å². The average Bonchev–Trinajstić information content (AvgIpc) is 3.33. The van der Waals surface area contributed by atoms with Gasteiger partial charge >= 0.3 is 5.97 Å².